The SMILES string of the molecule is CC(C)(C)OC(=O)COCC(=O)NI. The molecule has 0 heterocycles. The van der Waals surface area contributed by atoms with Crippen LogP contribution in [0.3, 0.4) is 0 Å². The highest BCUT2D eigenvalue weighted by Crippen LogP contribution is 2.06. The van der Waals surface area contributed by atoms with Gasteiger partial charge in [0.1, 0.15) is 18.8 Å². The summed E-state index contributed by atoms with van der Waals surface area (Å²) in [7, 11) is 0. The number of rotatable bonds is 4. The number of carbonyl (C=O) groups excluding carboxylic acids is 2. The molecular weight excluding hydrogens is 301 g/mol. The Bertz CT molecular complexity index is 212. The van der Waals surface area contributed by atoms with Crippen molar-refractivity contribution in [3.05, 3.63) is 0 Å². The number of carbonyl (C=O) groups is 2. The lowest BCUT2D eigenvalue weighted by Crippen LogP contribution is -2.28. The smallest absolute Gasteiger partial charge is 0.332 e. The Morgan fingerprint density at radius 3 is 2.29 bits per heavy atom. The summed E-state index contributed by atoms with van der Waals surface area (Å²) >= 11 is 1.70. The van der Waals surface area contributed by atoms with Crippen molar-refractivity contribution < 1.29 is 19.1 Å². The van der Waals surface area contributed by atoms with E-state index in [1.807, 2.05) is 0 Å². The van der Waals surface area contributed by atoms with Gasteiger partial charge in [-0.05, 0) is 20.8 Å². The summed E-state index contributed by atoms with van der Waals surface area (Å²) in [5.41, 5.74) is -0.522. The maximum atomic E-state index is 11.0. The van der Waals surface area contributed by atoms with Gasteiger partial charge in [0.05, 0.1) is 22.9 Å². The minimum Gasteiger partial charge on any atom is -0.458 e. The summed E-state index contributed by atoms with van der Waals surface area (Å²) in [6.45, 7) is 4.96. The Balaban J connectivity index is 3.60. The second kappa shape index (κ2) is 6.18. The van der Waals surface area contributed by atoms with Crippen molar-refractivity contribution in [2.45, 2.75) is 26.4 Å². The van der Waals surface area contributed by atoms with Crippen molar-refractivity contribution in [2.75, 3.05) is 13.2 Å². The van der Waals surface area contributed by atoms with Crippen molar-refractivity contribution in [1.82, 2.24) is 3.53 Å². The maximum Gasteiger partial charge on any atom is 0.332 e. The Morgan fingerprint density at radius 2 is 1.86 bits per heavy atom. The van der Waals surface area contributed by atoms with Crippen LogP contribution in [-0.4, -0.2) is 30.7 Å². The highest BCUT2D eigenvalue weighted by Gasteiger charge is 2.16. The normalized spacial score (nSPS) is 10.9. The van der Waals surface area contributed by atoms with Crippen molar-refractivity contribution >= 4 is 34.7 Å². The van der Waals surface area contributed by atoms with Crippen LogP contribution in [0.4, 0.5) is 0 Å². The number of hydrogen-bond acceptors (Lipinski definition) is 4. The van der Waals surface area contributed by atoms with Gasteiger partial charge in [0, 0.05) is 0 Å². The first-order valence-electron chi connectivity index (χ1n) is 4.04. The molecule has 1 N–H and O–H groups in total. The van der Waals surface area contributed by atoms with Crippen LogP contribution in [0, 0.1) is 0 Å². The lowest BCUT2D eigenvalue weighted by molar-refractivity contribution is -0.160. The van der Waals surface area contributed by atoms with E-state index in [1.165, 1.54) is 0 Å². The second-order valence-corrected chi connectivity index (χ2v) is 4.14. The fourth-order valence-electron chi connectivity index (χ4n) is 0.625. The molecule has 0 rings (SSSR count). The van der Waals surface area contributed by atoms with Gasteiger partial charge in [-0.3, -0.25) is 8.32 Å². The minimum atomic E-state index is -0.522. The maximum absolute atomic E-state index is 11.0. The van der Waals surface area contributed by atoms with Crippen LogP contribution in [0.2, 0.25) is 0 Å². The number of nitrogens with one attached hydrogen (secondary N) is 1. The third kappa shape index (κ3) is 8.24. The molecule has 0 radical (unpaired) electrons. The molecule has 0 aliphatic heterocycles. The van der Waals surface area contributed by atoms with Crippen LogP contribution in [0.1, 0.15) is 20.8 Å². The second-order valence-electron chi connectivity index (χ2n) is 3.60. The Hall–Kier alpha value is -0.370. The molecular formula is C8H14INO4. The lowest BCUT2D eigenvalue weighted by atomic mass is 10.2. The zero-order valence-corrected chi connectivity index (χ0v) is 10.6. The summed E-state index contributed by atoms with van der Waals surface area (Å²) in [5, 5.41) is 0. The summed E-state index contributed by atoms with van der Waals surface area (Å²) in [5.74, 6) is -0.757. The molecule has 0 unspecified atom stereocenters. The molecule has 6 heteroatoms. The van der Waals surface area contributed by atoms with E-state index in [0.29, 0.717) is 0 Å². The standard InChI is InChI=1S/C8H14INO4/c1-8(2,3)14-7(12)5-13-4-6(11)10-9/h4-5H2,1-3H3,(H,10,11). The fourth-order valence-corrected chi connectivity index (χ4v) is 0.781. The summed E-state index contributed by atoms with van der Waals surface area (Å²) in [6, 6.07) is 0. The quantitative estimate of drug-likeness (QED) is 0.474. The molecule has 14 heavy (non-hydrogen) atoms. The van der Waals surface area contributed by atoms with E-state index in [0.717, 1.165) is 0 Å². The molecule has 0 aliphatic rings. The predicted molar refractivity (Wildman–Crippen MR) is 58.8 cm³/mol. The van der Waals surface area contributed by atoms with Crippen LogP contribution >= 0.6 is 22.9 Å². The van der Waals surface area contributed by atoms with Gasteiger partial charge in [-0.1, -0.05) is 0 Å². The molecule has 0 spiro atoms. The van der Waals surface area contributed by atoms with Gasteiger partial charge in [-0.2, -0.15) is 0 Å². The monoisotopic (exact) mass is 315 g/mol. The van der Waals surface area contributed by atoms with E-state index < -0.39 is 11.6 Å². The molecule has 1 amide bonds. The van der Waals surface area contributed by atoms with Crippen LogP contribution in [-0.2, 0) is 19.1 Å². The topological polar surface area (TPSA) is 64.6 Å². The Labute approximate surface area is 97.0 Å². The lowest BCUT2D eigenvalue weighted by Gasteiger charge is -2.19. The third-order valence-electron chi connectivity index (χ3n) is 0.978. The van der Waals surface area contributed by atoms with Crippen LogP contribution in [0.5, 0.6) is 0 Å². The van der Waals surface area contributed by atoms with Crippen LogP contribution in [0.15, 0.2) is 0 Å². The fraction of sp³-hybridized carbons (Fsp3) is 0.750. The van der Waals surface area contributed by atoms with E-state index in [4.69, 9.17) is 9.47 Å². The van der Waals surface area contributed by atoms with E-state index in [1.54, 1.807) is 43.6 Å². The summed E-state index contributed by atoms with van der Waals surface area (Å²) < 4.78 is 12.1. The molecule has 0 saturated carbocycles. The van der Waals surface area contributed by atoms with Gasteiger partial charge in [-0.25, -0.2) is 4.79 Å². The molecule has 5 nitrogen and oxygen atoms in total. The molecule has 0 aliphatic carbocycles. The number of halogens is 1. The Kier molecular flexibility index (Phi) is 6.01. The molecule has 0 aromatic heterocycles. The predicted octanol–water partition coefficient (Wildman–Crippen LogP) is 0.811. The third-order valence-corrected chi connectivity index (χ3v) is 1.58. The van der Waals surface area contributed by atoms with Gasteiger partial charge < -0.3 is 9.47 Å². The molecule has 0 saturated heterocycles. The van der Waals surface area contributed by atoms with Gasteiger partial charge in [0.2, 0.25) is 0 Å². The van der Waals surface area contributed by atoms with E-state index >= 15 is 0 Å². The first kappa shape index (κ1) is 13.6. The zero-order chi connectivity index (χ0) is 11.2. The first-order chi connectivity index (χ1) is 6.35. The average Bonchev–Trinajstić information content (AvgIpc) is 2.00. The number of esters is 1. The minimum absolute atomic E-state index is 0.137. The van der Waals surface area contributed by atoms with Crippen molar-refractivity contribution in [3.8, 4) is 0 Å². The largest absolute Gasteiger partial charge is 0.458 e. The Morgan fingerprint density at radius 1 is 1.29 bits per heavy atom. The molecule has 0 aromatic rings. The van der Waals surface area contributed by atoms with Gasteiger partial charge in [0.15, 0.2) is 0 Å². The van der Waals surface area contributed by atoms with Gasteiger partial charge >= 0.3 is 5.97 Å². The van der Waals surface area contributed by atoms with Crippen LogP contribution in [0.25, 0.3) is 0 Å². The highest BCUT2D eigenvalue weighted by atomic mass is 127. The average molecular weight is 315 g/mol. The molecule has 0 atom stereocenters. The molecule has 0 bridgehead atoms. The first-order valence-corrected chi connectivity index (χ1v) is 5.12. The summed E-state index contributed by atoms with van der Waals surface area (Å²) in [4.78, 5) is 21.7. The molecule has 82 valence electrons. The highest BCUT2D eigenvalue weighted by molar-refractivity contribution is 14.1. The van der Waals surface area contributed by atoms with Crippen LogP contribution < -0.4 is 3.53 Å². The number of ether oxygens (including phenoxy) is 2. The number of amides is 1. The van der Waals surface area contributed by atoms with Gasteiger partial charge in [-0.15, -0.1) is 0 Å². The van der Waals surface area contributed by atoms with Crippen molar-refractivity contribution in [2.24, 2.45) is 0 Å². The van der Waals surface area contributed by atoms with E-state index in [9.17, 15) is 9.59 Å². The molecule has 0 fully saturated rings. The summed E-state index contributed by atoms with van der Waals surface area (Å²) in [6.07, 6.45) is 0. The molecule has 0 aromatic carbocycles. The van der Waals surface area contributed by atoms with Crippen molar-refractivity contribution in [3.63, 3.8) is 0 Å². The van der Waals surface area contributed by atoms with E-state index in [-0.39, 0.29) is 19.1 Å². The number of hydrogen-bond donors (Lipinski definition) is 1. The van der Waals surface area contributed by atoms with Crippen molar-refractivity contribution in [1.29, 1.82) is 0 Å². The van der Waals surface area contributed by atoms with E-state index in [2.05, 4.69) is 3.53 Å². The zero-order valence-electron chi connectivity index (χ0n) is 8.43. The van der Waals surface area contributed by atoms with Gasteiger partial charge in [0.25, 0.3) is 5.91 Å².